The molecular weight excluding hydrogens is 584 g/mol. The summed E-state index contributed by atoms with van der Waals surface area (Å²) < 4.78 is 85.3. The van der Waals surface area contributed by atoms with Crippen molar-refractivity contribution in [3.05, 3.63) is 89.6 Å². The third-order valence-electron chi connectivity index (χ3n) is 6.18. The van der Waals surface area contributed by atoms with Gasteiger partial charge < -0.3 is 15.2 Å². The second kappa shape index (κ2) is 13.2. The van der Waals surface area contributed by atoms with Gasteiger partial charge in [-0.25, -0.2) is 0 Å². The van der Waals surface area contributed by atoms with Gasteiger partial charge in [0.25, 0.3) is 5.91 Å². The number of rotatable bonds is 11. The third-order valence-corrected chi connectivity index (χ3v) is 6.18. The zero-order valence-corrected chi connectivity index (χ0v) is 22.3. The van der Waals surface area contributed by atoms with E-state index in [-0.39, 0.29) is 32.4 Å². The largest absolute Gasteiger partial charge is 0.573 e. The van der Waals surface area contributed by atoms with Crippen LogP contribution in [0.25, 0.3) is 16.8 Å². The molecule has 0 spiro atoms. The van der Waals surface area contributed by atoms with Crippen LogP contribution in [0, 0.1) is 0 Å². The maximum absolute atomic E-state index is 12.6. The molecule has 0 fully saturated rings. The molecule has 0 saturated carbocycles. The van der Waals surface area contributed by atoms with E-state index in [9.17, 15) is 35.9 Å². The molecular formula is C29H25F6N3O5. The second-order valence-electron chi connectivity index (χ2n) is 9.45. The van der Waals surface area contributed by atoms with E-state index in [1.54, 1.807) is 41.1 Å². The summed E-state index contributed by atoms with van der Waals surface area (Å²) in [6.45, 7) is 0.306. The Hall–Kier alpha value is -4.59. The number of benzene rings is 2. The van der Waals surface area contributed by atoms with Gasteiger partial charge in [-0.05, 0) is 66.4 Å². The number of carboxylic acids is 1. The Morgan fingerprint density at radius 3 is 2.40 bits per heavy atom. The Bertz CT molecular complexity index is 1510. The van der Waals surface area contributed by atoms with Gasteiger partial charge in [0.1, 0.15) is 5.75 Å². The number of alkyl halides is 6. The van der Waals surface area contributed by atoms with Gasteiger partial charge >= 0.3 is 18.7 Å². The maximum atomic E-state index is 12.6. The molecule has 1 unspecified atom stereocenters. The van der Waals surface area contributed by atoms with Crippen molar-refractivity contribution in [2.75, 3.05) is 6.54 Å². The van der Waals surface area contributed by atoms with E-state index in [0.29, 0.717) is 33.7 Å². The molecule has 1 aliphatic carbocycles. The summed E-state index contributed by atoms with van der Waals surface area (Å²) in [5, 5.41) is 16.0. The van der Waals surface area contributed by atoms with Crippen molar-refractivity contribution in [2.45, 2.75) is 44.6 Å². The molecule has 0 aliphatic heterocycles. The smallest absolute Gasteiger partial charge is 0.481 e. The van der Waals surface area contributed by atoms with Gasteiger partial charge in [0.05, 0.1) is 24.0 Å². The lowest BCUT2D eigenvalue weighted by molar-refractivity contribution is -0.335. The van der Waals surface area contributed by atoms with Gasteiger partial charge in [-0.2, -0.15) is 5.10 Å². The molecule has 0 radical (unpaired) electrons. The molecule has 43 heavy (non-hydrogen) atoms. The summed E-state index contributed by atoms with van der Waals surface area (Å²) in [5.41, 5.74) is 2.87. The predicted octanol–water partition coefficient (Wildman–Crippen LogP) is 6.34. The monoisotopic (exact) mass is 609 g/mol. The average Bonchev–Trinajstić information content (AvgIpc) is 3.33. The zero-order valence-electron chi connectivity index (χ0n) is 22.3. The predicted molar refractivity (Wildman–Crippen MR) is 142 cm³/mol. The molecule has 0 bridgehead atoms. The Balaban J connectivity index is 1.59. The molecule has 1 aromatic heterocycles. The molecule has 0 saturated heterocycles. The number of aliphatic carboxylic acids is 1. The summed E-state index contributed by atoms with van der Waals surface area (Å²) in [5.74, 6) is -1.79. The van der Waals surface area contributed by atoms with Crippen molar-refractivity contribution in [3.63, 3.8) is 0 Å². The fraction of sp³-hybridized carbons (Fsp3) is 0.276. The molecule has 8 nitrogen and oxygen atoms in total. The number of ether oxygens (including phenoxy) is 2. The minimum absolute atomic E-state index is 0.0549. The second-order valence-corrected chi connectivity index (χ2v) is 9.45. The van der Waals surface area contributed by atoms with E-state index in [4.69, 9.17) is 5.11 Å². The van der Waals surface area contributed by atoms with Crippen molar-refractivity contribution in [1.29, 1.82) is 0 Å². The van der Waals surface area contributed by atoms with Gasteiger partial charge in [-0.1, -0.05) is 30.4 Å². The van der Waals surface area contributed by atoms with Crippen molar-refractivity contribution < 1.29 is 50.5 Å². The molecule has 228 valence electrons. The topological polar surface area (TPSA) is 103 Å². The lowest BCUT2D eigenvalue weighted by Gasteiger charge is -2.17. The van der Waals surface area contributed by atoms with Gasteiger partial charge in [0.2, 0.25) is 0 Å². The van der Waals surface area contributed by atoms with Gasteiger partial charge in [0, 0.05) is 24.1 Å². The van der Waals surface area contributed by atoms with E-state index in [1.165, 1.54) is 24.3 Å². The van der Waals surface area contributed by atoms with Crippen molar-refractivity contribution in [2.24, 2.45) is 0 Å². The van der Waals surface area contributed by atoms with Gasteiger partial charge in [-0.15, -0.1) is 26.3 Å². The van der Waals surface area contributed by atoms with E-state index < -0.39 is 36.5 Å². The highest BCUT2D eigenvalue weighted by atomic mass is 19.4. The molecule has 1 aliphatic rings. The fourth-order valence-electron chi connectivity index (χ4n) is 4.32. The van der Waals surface area contributed by atoms with Crippen LogP contribution < -0.4 is 10.1 Å². The van der Waals surface area contributed by atoms with Crippen LogP contribution in [0.4, 0.5) is 26.3 Å². The van der Waals surface area contributed by atoms with Crippen molar-refractivity contribution >= 4 is 17.4 Å². The molecule has 1 atom stereocenters. The number of amides is 1. The summed E-state index contributed by atoms with van der Waals surface area (Å²) >= 11 is 0. The van der Waals surface area contributed by atoms with Crippen LogP contribution in [0.2, 0.25) is 0 Å². The number of carbonyl (C=O) groups is 2. The third kappa shape index (κ3) is 9.46. The molecule has 2 N–H and O–H groups in total. The molecule has 1 heterocycles. The number of carboxylic acid groups (broad SMARTS) is 1. The summed E-state index contributed by atoms with van der Waals surface area (Å²) in [4.78, 5) is 23.2. The van der Waals surface area contributed by atoms with E-state index in [1.807, 2.05) is 0 Å². The lowest BCUT2D eigenvalue weighted by atomic mass is 10.0. The highest BCUT2D eigenvalue weighted by Crippen LogP contribution is 2.31. The number of nitrogens with zero attached hydrogens (tertiary/aromatic N) is 2. The Morgan fingerprint density at radius 2 is 1.77 bits per heavy atom. The SMILES string of the molecule is O=C(O)CCCNC(=O)c1cccc(Cn2nc(C3=CCC(OC(F)(F)F)C=C3)cc2-c2ccc(OC(F)(F)F)cc2)c1. The molecule has 2 aromatic carbocycles. The number of allylic oxidation sites excluding steroid dienone is 2. The number of aromatic nitrogens is 2. The Labute approximate surface area is 241 Å². The zero-order chi connectivity index (χ0) is 31.2. The highest BCUT2D eigenvalue weighted by Gasteiger charge is 2.33. The van der Waals surface area contributed by atoms with E-state index in [2.05, 4.69) is 19.9 Å². The minimum Gasteiger partial charge on any atom is -0.481 e. The lowest BCUT2D eigenvalue weighted by Crippen LogP contribution is -2.25. The molecule has 14 heteroatoms. The quantitative estimate of drug-likeness (QED) is 0.194. The fourth-order valence-corrected chi connectivity index (χ4v) is 4.32. The number of carbonyl (C=O) groups excluding carboxylic acids is 1. The Kier molecular flexibility index (Phi) is 9.59. The maximum Gasteiger partial charge on any atom is 0.573 e. The first-order valence-corrected chi connectivity index (χ1v) is 12.9. The van der Waals surface area contributed by atoms with E-state index in [0.717, 1.165) is 12.1 Å². The van der Waals surface area contributed by atoms with Gasteiger partial charge in [-0.3, -0.25) is 19.0 Å². The summed E-state index contributed by atoms with van der Waals surface area (Å²) in [7, 11) is 0. The first kappa shape index (κ1) is 31.3. The van der Waals surface area contributed by atoms with Crippen LogP contribution in [0.1, 0.15) is 40.9 Å². The first-order chi connectivity index (χ1) is 20.3. The van der Waals surface area contributed by atoms with Crippen LogP contribution in [0.15, 0.2) is 72.8 Å². The number of hydrogen-bond donors (Lipinski definition) is 2. The summed E-state index contributed by atoms with van der Waals surface area (Å²) in [6, 6.07) is 13.4. The Morgan fingerprint density at radius 1 is 1.02 bits per heavy atom. The first-order valence-electron chi connectivity index (χ1n) is 12.9. The van der Waals surface area contributed by atoms with Crippen LogP contribution in [0.5, 0.6) is 5.75 Å². The minimum atomic E-state index is -4.86. The summed E-state index contributed by atoms with van der Waals surface area (Å²) in [6.07, 6.45) is -6.46. The van der Waals surface area contributed by atoms with Gasteiger partial charge in [0.15, 0.2) is 0 Å². The van der Waals surface area contributed by atoms with Crippen molar-refractivity contribution in [3.8, 4) is 17.0 Å². The molecule has 3 aromatic rings. The number of nitrogens with one attached hydrogen (secondary N) is 1. The molecule has 4 rings (SSSR count). The number of hydrogen-bond acceptors (Lipinski definition) is 5. The molecule has 1 amide bonds. The van der Waals surface area contributed by atoms with Crippen LogP contribution >= 0.6 is 0 Å². The van der Waals surface area contributed by atoms with Crippen LogP contribution in [-0.4, -0.2) is 52.1 Å². The average molecular weight is 610 g/mol. The van der Waals surface area contributed by atoms with E-state index >= 15 is 0 Å². The highest BCUT2D eigenvalue weighted by molar-refractivity contribution is 5.94. The van der Waals surface area contributed by atoms with Crippen molar-refractivity contribution in [1.82, 2.24) is 15.1 Å². The normalized spacial score (nSPS) is 15.2. The van der Waals surface area contributed by atoms with Crippen LogP contribution in [-0.2, 0) is 16.1 Å². The number of halogens is 6. The van der Waals surface area contributed by atoms with Crippen LogP contribution in [0.3, 0.4) is 0 Å². The standard InChI is InChI=1S/C29H25F6N3O5/c30-28(31,32)42-22-10-6-19(7-11-22)24-16-25(20-8-12-23(13-9-20)43-29(33,34)35)38(37-24)17-18-3-1-4-21(15-18)27(41)36-14-2-5-26(39)40/h1,3-4,6-10,12-13,15-16,22H,2,5,11,14,17H2,(H,36,41)(H,39,40).